The molecule has 1 aromatic rings. The van der Waals surface area contributed by atoms with E-state index < -0.39 is 0 Å². The molecule has 0 aliphatic heterocycles. The zero-order valence-electron chi connectivity index (χ0n) is 9.84. The highest BCUT2D eigenvalue weighted by Gasteiger charge is 2.16. The smallest absolute Gasteiger partial charge is 0.0654 e. The van der Waals surface area contributed by atoms with Gasteiger partial charge in [0.2, 0.25) is 0 Å². The number of nitrogens with two attached hydrogens (primary N) is 1. The molecule has 1 atom stereocenters. The highest BCUT2D eigenvalue weighted by Crippen LogP contribution is 2.36. The van der Waals surface area contributed by atoms with Crippen LogP contribution in [0.3, 0.4) is 0 Å². The fraction of sp³-hybridized carbons (Fsp3) is 0.500. The third-order valence-corrected chi connectivity index (χ3v) is 3.65. The Morgan fingerprint density at radius 2 is 1.59 bits per heavy atom. The quantitative estimate of drug-likeness (QED) is 0.729. The Balaban J connectivity index is 0.00000256. The Morgan fingerprint density at radius 3 is 2.12 bits per heavy atom. The fourth-order valence-electron chi connectivity index (χ4n) is 1.54. The minimum atomic E-state index is -0.152. The summed E-state index contributed by atoms with van der Waals surface area (Å²) in [4.78, 5) is 0. The van der Waals surface area contributed by atoms with E-state index in [9.17, 15) is 0 Å². The van der Waals surface area contributed by atoms with Gasteiger partial charge in [0.25, 0.3) is 0 Å². The molecular weight excluding hydrogens is 300 g/mol. The minimum Gasteiger partial charge on any atom is -0.324 e. The van der Waals surface area contributed by atoms with Crippen molar-refractivity contribution < 1.29 is 0 Å². The molecule has 1 rings (SSSR count). The van der Waals surface area contributed by atoms with Crippen molar-refractivity contribution in [2.45, 2.75) is 32.7 Å². The monoisotopic (exact) mass is 315 g/mol. The van der Waals surface area contributed by atoms with Gasteiger partial charge in [-0.2, -0.15) is 0 Å². The Labute approximate surface area is 124 Å². The number of hydrogen-bond donors (Lipinski definition) is 1. The van der Waals surface area contributed by atoms with Crippen LogP contribution in [0.25, 0.3) is 0 Å². The molecule has 0 heterocycles. The van der Waals surface area contributed by atoms with E-state index in [1.807, 2.05) is 0 Å². The molecule has 1 nitrogen and oxygen atoms in total. The van der Waals surface area contributed by atoms with Gasteiger partial charge in [0.1, 0.15) is 0 Å². The molecule has 0 spiro atoms. The number of halogens is 4. The van der Waals surface area contributed by atoms with Gasteiger partial charge in [-0.3, -0.25) is 0 Å². The lowest BCUT2D eigenvalue weighted by atomic mass is 9.98. The van der Waals surface area contributed by atoms with Crippen LogP contribution in [0.5, 0.6) is 0 Å². The molecule has 0 saturated carbocycles. The summed E-state index contributed by atoms with van der Waals surface area (Å²) >= 11 is 18.1. The molecule has 0 aliphatic rings. The Kier molecular flexibility index (Phi) is 7.86. The van der Waals surface area contributed by atoms with E-state index in [1.54, 1.807) is 12.1 Å². The fourth-order valence-corrected chi connectivity index (χ4v) is 2.36. The zero-order chi connectivity index (χ0) is 12.3. The summed E-state index contributed by atoms with van der Waals surface area (Å²) in [6, 6.07) is 3.27. The molecule has 1 aromatic carbocycles. The van der Waals surface area contributed by atoms with Crippen molar-refractivity contribution in [2.24, 2.45) is 11.7 Å². The molecule has 0 fully saturated rings. The topological polar surface area (TPSA) is 26.0 Å². The second kappa shape index (κ2) is 7.70. The van der Waals surface area contributed by atoms with Crippen molar-refractivity contribution in [1.82, 2.24) is 0 Å². The maximum Gasteiger partial charge on any atom is 0.0654 e. The SMILES string of the molecule is CC(C)CC[C@H](N)c1c(Cl)ccc(Cl)c1Cl.Cl. The Bertz CT molecular complexity index is 366. The van der Waals surface area contributed by atoms with Crippen molar-refractivity contribution in [3.63, 3.8) is 0 Å². The summed E-state index contributed by atoms with van der Waals surface area (Å²) in [5, 5.41) is 1.57. The van der Waals surface area contributed by atoms with Crippen molar-refractivity contribution >= 4 is 47.2 Å². The molecule has 0 aliphatic carbocycles. The van der Waals surface area contributed by atoms with Crippen LogP contribution >= 0.6 is 47.2 Å². The van der Waals surface area contributed by atoms with Crippen LogP contribution in [0.2, 0.25) is 15.1 Å². The molecule has 17 heavy (non-hydrogen) atoms. The summed E-state index contributed by atoms with van der Waals surface area (Å²) in [6.45, 7) is 4.32. The number of benzene rings is 1. The Morgan fingerprint density at radius 1 is 1.06 bits per heavy atom. The summed E-state index contributed by atoms with van der Waals surface area (Å²) in [6.07, 6.45) is 1.90. The molecule has 0 saturated heterocycles. The standard InChI is InChI=1S/C12H16Cl3N.ClH/c1-7(2)3-6-10(16)11-8(13)4-5-9(14)12(11)15;/h4-5,7,10H,3,6,16H2,1-2H3;1H/t10-;/m0./s1. The van der Waals surface area contributed by atoms with Gasteiger partial charge >= 0.3 is 0 Å². The van der Waals surface area contributed by atoms with Crippen LogP contribution < -0.4 is 5.73 Å². The van der Waals surface area contributed by atoms with Gasteiger partial charge in [-0.1, -0.05) is 48.7 Å². The molecule has 0 bridgehead atoms. The van der Waals surface area contributed by atoms with Crippen molar-refractivity contribution in [1.29, 1.82) is 0 Å². The highest BCUT2D eigenvalue weighted by molar-refractivity contribution is 6.44. The molecule has 0 amide bonds. The van der Waals surface area contributed by atoms with Crippen molar-refractivity contribution in [2.75, 3.05) is 0 Å². The summed E-state index contributed by atoms with van der Waals surface area (Å²) in [5.41, 5.74) is 6.85. The average Bonchev–Trinajstić information content (AvgIpc) is 2.21. The molecule has 0 unspecified atom stereocenters. The van der Waals surface area contributed by atoms with E-state index in [4.69, 9.17) is 40.5 Å². The first-order valence-electron chi connectivity index (χ1n) is 5.32. The Hall–Kier alpha value is 0.340. The lowest BCUT2D eigenvalue weighted by molar-refractivity contribution is 0.507. The summed E-state index contributed by atoms with van der Waals surface area (Å²) in [5.74, 6) is 0.614. The molecule has 0 radical (unpaired) electrons. The van der Waals surface area contributed by atoms with Crippen molar-refractivity contribution in [3.05, 3.63) is 32.8 Å². The first-order valence-corrected chi connectivity index (χ1v) is 6.45. The first-order chi connectivity index (χ1) is 7.43. The van der Waals surface area contributed by atoms with E-state index in [1.165, 1.54) is 0 Å². The van der Waals surface area contributed by atoms with Crippen LogP contribution in [0.1, 0.15) is 38.3 Å². The van der Waals surface area contributed by atoms with Gasteiger partial charge in [-0.25, -0.2) is 0 Å². The second-order valence-electron chi connectivity index (χ2n) is 4.33. The highest BCUT2D eigenvalue weighted by atomic mass is 35.5. The molecular formula is C12H17Cl4N. The van der Waals surface area contributed by atoms with Gasteiger partial charge in [0.15, 0.2) is 0 Å². The summed E-state index contributed by atoms with van der Waals surface area (Å²) < 4.78 is 0. The maximum absolute atomic E-state index is 6.11. The third-order valence-electron chi connectivity index (χ3n) is 2.51. The lowest BCUT2D eigenvalue weighted by Gasteiger charge is -2.17. The van der Waals surface area contributed by atoms with E-state index in [2.05, 4.69) is 13.8 Å². The van der Waals surface area contributed by atoms with Crippen LogP contribution in [-0.2, 0) is 0 Å². The second-order valence-corrected chi connectivity index (χ2v) is 5.53. The number of hydrogen-bond acceptors (Lipinski definition) is 1. The van der Waals surface area contributed by atoms with Gasteiger partial charge in [0, 0.05) is 16.6 Å². The molecule has 98 valence electrons. The van der Waals surface area contributed by atoms with E-state index in [0.29, 0.717) is 21.0 Å². The van der Waals surface area contributed by atoms with Gasteiger partial charge in [0.05, 0.1) is 10.0 Å². The predicted molar refractivity (Wildman–Crippen MR) is 79.7 cm³/mol. The van der Waals surface area contributed by atoms with Crippen LogP contribution in [-0.4, -0.2) is 0 Å². The van der Waals surface area contributed by atoms with Crippen molar-refractivity contribution in [3.8, 4) is 0 Å². The largest absolute Gasteiger partial charge is 0.324 e. The van der Waals surface area contributed by atoms with Crippen LogP contribution in [0, 0.1) is 5.92 Å². The normalized spacial score (nSPS) is 12.4. The zero-order valence-corrected chi connectivity index (χ0v) is 12.9. The van der Waals surface area contributed by atoms with Crippen LogP contribution in [0.15, 0.2) is 12.1 Å². The third kappa shape index (κ3) is 4.84. The first kappa shape index (κ1) is 17.3. The predicted octanol–water partition coefficient (Wildman–Crippen LogP) is 5.50. The molecule has 0 aromatic heterocycles. The van der Waals surface area contributed by atoms with Gasteiger partial charge < -0.3 is 5.73 Å². The van der Waals surface area contributed by atoms with E-state index >= 15 is 0 Å². The lowest BCUT2D eigenvalue weighted by Crippen LogP contribution is -2.12. The van der Waals surface area contributed by atoms with Crippen LogP contribution in [0.4, 0.5) is 0 Å². The number of rotatable bonds is 4. The summed E-state index contributed by atoms with van der Waals surface area (Å²) in [7, 11) is 0. The van der Waals surface area contributed by atoms with E-state index in [-0.39, 0.29) is 18.4 Å². The van der Waals surface area contributed by atoms with E-state index in [0.717, 1.165) is 18.4 Å². The molecule has 2 N–H and O–H groups in total. The minimum absolute atomic E-state index is 0. The van der Waals surface area contributed by atoms with Gasteiger partial charge in [-0.15, -0.1) is 12.4 Å². The maximum atomic E-state index is 6.11. The molecule has 5 heteroatoms. The van der Waals surface area contributed by atoms with Gasteiger partial charge in [-0.05, 0) is 30.9 Å². The average molecular weight is 317 g/mol.